The molecule has 0 spiro atoms. The highest BCUT2D eigenvalue weighted by molar-refractivity contribution is 6.69. The smallest absolute Gasteiger partial charge is 0.184 e. The average molecular weight is 307 g/mol. The molecule has 0 aliphatic carbocycles. The number of benzene rings is 1. The fourth-order valence-electron chi connectivity index (χ4n) is 3.47. The Labute approximate surface area is 131 Å². The largest absolute Gasteiger partial charge is 0.406 e. The van der Waals surface area contributed by atoms with Crippen LogP contribution in [-0.4, -0.2) is 20.0 Å². The summed E-state index contributed by atoms with van der Waals surface area (Å²) in [6.07, 6.45) is 1.20. The second-order valence-corrected chi connectivity index (χ2v) is 12.5. The molecule has 118 valence electrons. The number of rotatable bonds is 4. The first-order valence-corrected chi connectivity index (χ1v) is 11.4. The van der Waals surface area contributed by atoms with Crippen LogP contribution in [0.4, 0.5) is 0 Å². The van der Waals surface area contributed by atoms with Gasteiger partial charge in [-0.1, -0.05) is 58.0 Å². The molecule has 1 aromatic carbocycles. The van der Waals surface area contributed by atoms with Gasteiger partial charge in [-0.15, -0.1) is 0 Å². The molecule has 1 aromatic rings. The Morgan fingerprint density at radius 1 is 1.14 bits per heavy atom. The third-order valence-corrected chi connectivity index (χ3v) is 5.24. The fraction of sp³-hybridized carbons (Fsp3) is 0.667. The van der Waals surface area contributed by atoms with Gasteiger partial charge in [0.2, 0.25) is 0 Å². The van der Waals surface area contributed by atoms with E-state index in [1.807, 2.05) is 0 Å². The summed E-state index contributed by atoms with van der Waals surface area (Å²) < 4.78 is 13.1. The average Bonchev–Trinajstić information content (AvgIpc) is 2.34. The lowest BCUT2D eigenvalue weighted by atomic mass is 9.64. The van der Waals surface area contributed by atoms with E-state index in [1.54, 1.807) is 0 Å². The maximum Gasteiger partial charge on any atom is 0.184 e. The molecular formula is C18H30O2Si. The topological polar surface area (TPSA) is 18.5 Å². The van der Waals surface area contributed by atoms with Crippen LogP contribution in [0.3, 0.4) is 0 Å². The Kier molecular flexibility index (Phi) is 4.40. The molecule has 0 bridgehead atoms. The van der Waals surface area contributed by atoms with Gasteiger partial charge in [0.1, 0.15) is 11.7 Å². The molecule has 1 fully saturated rings. The zero-order chi connectivity index (χ0) is 15.9. The predicted octanol–water partition coefficient (Wildman–Crippen LogP) is 5.17. The minimum absolute atomic E-state index is 0.0344. The van der Waals surface area contributed by atoms with E-state index in [4.69, 9.17) is 9.16 Å². The van der Waals surface area contributed by atoms with Gasteiger partial charge >= 0.3 is 0 Å². The van der Waals surface area contributed by atoms with Gasteiger partial charge in [0.25, 0.3) is 0 Å². The van der Waals surface area contributed by atoms with Crippen LogP contribution in [0, 0.1) is 5.41 Å². The summed E-state index contributed by atoms with van der Waals surface area (Å²) in [5.41, 5.74) is 1.04. The lowest BCUT2D eigenvalue weighted by molar-refractivity contribution is -0.324. The van der Waals surface area contributed by atoms with Gasteiger partial charge in [0.05, 0.1) is 6.10 Å². The van der Waals surface area contributed by atoms with Gasteiger partial charge in [-0.05, 0) is 37.0 Å². The molecule has 21 heavy (non-hydrogen) atoms. The van der Waals surface area contributed by atoms with Crippen molar-refractivity contribution in [3.8, 4) is 0 Å². The molecule has 1 heterocycles. The van der Waals surface area contributed by atoms with Crippen molar-refractivity contribution in [1.82, 2.24) is 0 Å². The molecule has 1 aliphatic heterocycles. The van der Waals surface area contributed by atoms with Crippen LogP contribution in [0.2, 0.25) is 19.6 Å². The van der Waals surface area contributed by atoms with Crippen molar-refractivity contribution in [3.05, 3.63) is 35.9 Å². The van der Waals surface area contributed by atoms with E-state index in [2.05, 4.69) is 77.7 Å². The van der Waals surface area contributed by atoms with Gasteiger partial charge in [0, 0.05) is 0 Å². The maximum absolute atomic E-state index is 6.81. The first-order valence-electron chi connectivity index (χ1n) is 8.02. The molecule has 0 unspecified atom stereocenters. The minimum Gasteiger partial charge on any atom is -0.406 e. The van der Waals surface area contributed by atoms with Crippen molar-refractivity contribution < 1.29 is 9.16 Å². The zero-order valence-electron chi connectivity index (χ0n) is 14.6. The van der Waals surface area contributed by atoms with Crippen LogP contribution in [0.15, 0.2) is 30.3 Å². The van der Waals surface area contributed by atoms with Crippen molar-refractivity contribution in [1.29, 1.82) is 0 Å². The molecule has 3 heteroatoms. The second kappa shape index (κ2) is 5.53. The second-order valence-electron chi connectivity index (χ2n) is 8.08. The van der Waals surface area contributed by atoms with Crippen LogP contribution in [0.1, 0.15) is 45.8 Å². The molecule has 0 radical (unpaired) electrons. The molecule has 2 nitrogen and oxygen atoms in total. The first kappa shape index (κ1) is 16.7. The zero-order valence-corrected chi connectivity index (χ0v) is 15.6. The third-order valence-electron chi connectivity index (χ3n) is 4.29. The monoisotopic (exact) mass is 306 g/mol. The third kappa shape index (κ3) is 2.96. The standard InChI is InChI=1S/C18H30O2Si/c1-8-15-18(17(2,3)4,20-21(5,6)7)16(19-15)14-12-10-9-11-13-14/h9-13,15-16H,8H2,1-7H3/t15-,16+,18-/m0/s1. The van der Waals surface area contributed by atoms with Crippen molar-refractivity contribution in [2.75, 3.05) is 0 Å². The van der Waals surface area contributed by atoms with Crippen molar-refractivity contribution in [2.45, 2.75) is 71.6 Å². The molecule has 0 aromatic heterocycles. The molecule has 0 saturated carbocycles. The van der Waals surface area contributed by atoms with E-state index in [9.17, 15) is 0 Å². The first-order chi connectivity index (χ1) is 9.62. The predicted molar refractivity (Wildman–Crippen MR) is 91.0 cm³/mol. The summed E-state index contributed by atoms with van der Waals surface area (Å²) in [5, 5.41) is 0. The SMILES string of the molecule is CC[C@@H]1O[C@H](c2ccccc2)[C@]1(O[Si](C)(C)C)C(C)(C)C. The molecule has 3 atom stereocenters. The Morgan fingerprint density at radius 3 is 2.14 bits per heavy atom. The lowest BCUT2D eigenvalue weighted by Gasteiger charge is -2.63. The van der Waals surface area contributed by atoms with Gasteiger partial charge < -0.3 is 9.16 Å². The number of hydrogen-bond donors (Lipinski definition) is 0. The summed E-state index contributed by atoms with van der Waals surface area (Å²) >= 11 is 0. The summed E-state index contributed by atoms with van der Waals surface area (Å²) in [6.45, 7) is 15.9. The van der Waals surface area contributed by atoms with E-state index in [-0.39, 0.29) is 23.2 Å². The van der Waals surface area contributed by atoms with Crippen LogP contribution >= 0.6 is 0 Å². The van der Waals surface area contributed by atoms with Crippen LogP contribution < -0.4 is 0 Å². The number of hydrogen-bond acceptors (Lipinski definition) is 2. The van der Waals surface area contributed by atoms with Crippen molar-refractivity contribution in [2.24, 2.45) is 5.41 Å². The van der Waals surface area contributed by atoms with Crippen LogP contribution in [0.25, 0.3) is 0 Å². The highest BCUT2D eigenvalue weighted by Crippen LogP contribution is 2.58. The normalized spacial score (nSPS) is 30.0. The molecule has 1 saturated heterocycles. The maximum atomic E-state index is 6.81. The highest BCUT2D eigenvalue weighted by atomic mass is 28.4. The lowest BCUT2D eigenvalue weighted by Crippen LogP contribution is -2.70. The summed E-state index contributed by atoms with van der Waals surface area (Å²) in [6, 6.07) is 10.5. The van der Waals surface area contributed by atoms with Gasteiger partial charge in [-0.25, -0.2) is 0 Å². The Balaban J connectivity index is 2.47. The summed E-state index contributed by atoms with van der Waals surface area (Å²) in [5.74, 6) is 0. The molecule has 1 aliphatic rings. The van der Waals surface area contributed by atoms with E-state index >= 15 is 0 Å². The Morgan fingerprint density at radius 2 is 1.71 bits per heavy atom. The fourth-order valence-corrected chi connectivity index (χ4v) is 5.03. The molecule has 2 rings (SSSR count). The van der Waals surface area contributed by atoms with Crippen molar-refractivity contribution >= 4 is 8.32 Å². The number of ether oxygens (including phenoxy) is 1. The van der Waals surface area contributed by atoms with Crippen molar-refractivity contribution in [3.63, 3.8) is 0 Å². The Hall–Kier alpha value is -0.643. The molecular weight excluding hydrogens is 276 g/mol. The molecule has 0 N–H and O–H groups in total. The quantitative estimate of drug-likeness (QED) is 0.714. The van der Waals surface area contributed by atoms with E-state index in [1.165, 1.54) is 5.56 Å². The highest BCUT2D eigenvalue weighted by Gasteiger charge is 2.64. The van der Waals surface area contributed by atoms with E-state index in [0.29, 0.717) is 0 Å². The summed E-state index contributed by atoms with van der Waals surface area (Å²) in [4.78, 5) is 0. The van der Waals surface area contributed by atoms with E-state index < -0.39 is 8.32 Å². The van der Waals surface area contributed by atoms with Crippen LogP contribution in [0.5, 0.6) is 0 Å². The molecule has 0 amide bonds. The van der Waals surface area contributed by atoms with Gasteiger partial charge in [-0.3, -0.25) is 0 Å². The Bertz CT molecular complexity index is 472. The van der Waals surface area contributed by atoms with E-state index in [0.717, 1.165) is 6.42 Å². The summed E-state index contributed by atoms with van der Waals surface area (Å²) in [7, 11) is -1.68. The van der Waals surface area contributed by atoms with Gasteiger partial charge in [0.15, 0.2) is 8.32 Å². The van der Waals surface area contributed by atoms with Gasteiger partial charge in [-0.2, -0.15) is 0 Å². The van der Waals surface area contributed by atoms with Crippen LogP contribution in [-0.2, 0) is 9.16 Å². The minimum atomic E-state index is -1.68.